The predicted molar refractivity (Wildman–Crippen MR) is 135 cm³/mol. The van der Waals surface area contributed by atoms with Crippen molar-refractivity contribution in [2.24, 2.45) is 23.7 Å². The Labute approximate surface area is 199 Å². The zero-order valence-electron chi connectivity index (χ0n) is 22.3. The van der Waals surface area contributed by atoms with Gasteiger partial charge in [-0.3, -0.25) is 9.59 Å². The fourth-order valence-corrected chi connectivity index (χ4v) is 4.29. The molecule has 32 heavy (non-hydrogen) atoms. The van der Waals surface area contributed by atoms with Gasteiger partial charge in [-0.25, -0.2) is 0 Å². The van der Waals surface area contributed by atoms with Gasteiger partial charge in [0.1, 0.15) is 0 Å². The summed E-state index contributed by atoms with van der Waals surface area (Å²) in [6, 6.07) is 0. The Hall–Kier alpha value is -1.06. The van der Waals surface area contributed by atoms with Crippen LogP contribution in [0.1, 0.15) is 131 Å². The SMILES string of the molecule is CCC(CCCCCCCCC(=O)OCCCC(C)C)C(CC)C(=O)OCCCC(C)C. The Morgan fingerprint density at radius 2 is 1.16 bits per heavy atom. The van der Waals surface area contributed by atoms with Gasteiger partial charge >= 0.3 is 11.9 Å². The summed E-state index contributed by atoms with van der Waals surface area (Å²) >= 11 is 0. The van der Waals surface area contributed by atoms with Gasteiger partial charge in [-0.15, -0.1) is 0 Å². The van der Waals surface area contributed by atoms with E-state index in [9.17, 15) is 9.59 Å². The Morgan fingerprint density at radius 1 is 0.625 bits per heavy atom. The number of unbranched alkanes of at least 4 members (excludes halogenated alkanes) is 5. The first kappa shape index (κ1) is 30.9. The lowest BCUT2D eigenvalue weighted by molar-refractivity contribution is -0.151. The number of rotatable bonds is 21. The van der Waals surface area contributed by atoms with Crippen LogP contribution in [0.25, 0.3) is 0 Å². The fraction of sp³-hybridized carbons (Fsp3) is 0.929. The summed E-state index contributed by atoms with van der Waals surface area (Å²) in [5, 5.41) is 0. The minimum absolute atomic E-state index is 0.0131. The molecule has 0 saturated carbocycles. The summed E-state index contributed by atoms with van der Waals surface area (Å²) in [6.45, 7) is 14.2. The molecule has 0 amide bonds. The summed E-state index contributed by atoms with van der Waals surface area (Å²) in [4.78, 5) is 24.3. The van der Waals surface area contributed by atoms with Crippen molar-refractivity contribution in [3.63, 3.8) is 0 Å². The minimum Gasteiger partial charge on any atom is -0.466 e. The van der Waals surface area contributed by atoms with Crippen molar-refractivity contribution in [3.8, 4) is 0 Å². The third-order valence-corrected chi connectivity index (χ3v) is 6.40. The van der Waals surface area contributed by atoms with Crippen molar-refractivity contribution in [1.82, 2.24) is 0 Å². The van der Waals surface area contributed by atoms with Crippen LogP contribution in [0.3, 0.4) is 0 Å². The predicted octanol–water partition coefficient (Wildman–Crippen LogP) is 8.12. The molecule has 190 valence electrons. The average molecular weight is 455 g/mol. The molecule has 0 aromatic rings. The van der Waals surface area contributed by atoms with Crippen LogP contribution in [0, 0.1) is 23.7 Å². The Balaban J connectivity index is 3.85. The highest BCUT2D eigenvalue weighted by molar-refractivity contribution is 5.72. The first-order valence-electron chi connectivity index (χ1n) is 13.6. The van der Waals surface area contributed by atoms with Crippen molar-refractivity contribution in [2.75, 3.05) is 13.2 Å². The minimum atomic E-state index is -0.0405. The maximum Gasteiger partial charge on any atom is 0.309 e. The van der Waals surface area contributed by atoms with Gasteiger partial charge in [0.2, 0.25) is 0 Å². The second kappa shape index (κ2) is 20.5. The van der Waals surface area contributed by atoms with Crippen LogP contribution >= 0.6 is 0 Å². The summed E-state index contributed by atoms with van der Waals surface area (Å²) in [6.07, 6.45) is 14.5. The maximum absolute atomic E-state index is 12.5. The standard InChI is InChI=1S/C28H54O4/c1-7-25(26(8-2)28(30)32-22-16-18-24(5)6)19-13-11-9-10-12-14-20-27(29)31-21-15-17-23(3)4/h23-26H,7-22H2,1-6H3. The molecule has 0 fully saturated rings. The van der Waals surface area contributed by atoms with Gasteiger partial charge in [-0.05, 0) is 62.7 Å². The quantitative estimate of drug-likeness (QED) is 0.130. The van der Waals surface area contributed by atoms with E-state index in [2.05, 4.69) is 41.5 Å². The highest BCUT2D eigenvalue weighted by Crippen LogP contribution is 2.27. The number of hydrogen-bond acceptors (Lipinski definition) is 4. The van der Waals surface area contributed by atoms with E-state index < -0.39 is 0 Å². The molecule has 0 rings (SSSR count). The normalized spacial score (nSPS) is 13.4. The first-order chi connectivity index (χ1) is 15.3. The lowest BCUT2D eigenvalue weighted by Gasteiger charge is -2.24. The van der Waals surface area contributed by atoms with Gasteiger partial charge in [0.05, 0.1) is 19.1 Å². The van der Waals surface area contributed by atoms with Crippen molar-refractivity contribution in [1.29, 1.82) is 0 Å². The molecule has 0 saturated heterocycles. The number of carbonyl (C=O) groups excluding carboxylic acids is 2. The van der Waals surface area contributed by atoms with E-state index >= 15 is 0 Å². The fourth-order valence-electron chi connectivity index (χ4n) is 4.29. The number of hydrogen-bond donors (Lipinski definition) is 0. The van der Waals surface area contributed by atoms with E-state index in [-0.39, 0.29) is 17.9 Å². The smallest absolute Gasteiger partial charge is 0.309 e. The van der Waals surface area contributed by atoms with Crippen LogP contribution in [0.15, 0.2) is 0 Å². The van der Waals surface area contributed by atoms with Gasteiger partial charge in [0.15, 0.2) is 0 Å². The van der Waals surface area contributed by atoms with E-state index in [4.69, 9.17) is 9.47 Å². The highest BCUT2D eigenvalue weighted by atomic mass is 16.5. The van der Waals surface area contributed by atoms with Crippen LogP contribution in [0.5, 0.6) is 0 Å². The third kappa shape index (κ3) is 17.5. The van der Waals surface area contributed by atoms with E-state index in [1.165, 1.54) is 25.7 Å². The molecule has 2 atom stereocenters. The van der Waals surface area contributed by atoms with E-state index in [0.29, 0.717) is 37.4 Å². The maximum atomic E-state index is 12.5. The van der Waals surface area contributed by atoms with E-state index in [1.807, 2.05) is 0 Å². The molecule has 0 N–H and O–H groups in total. The van der Waals surface area contributed by atoms with Gasteiger partial charge < -0.3 is 9.47 Å². The molecule has 0 aromatic heterocycles. The van der Waals surface area contributed by atoms with Crippen molar-refractivity contribution in [2.45, 2.75) is 131 Å². The van der Waals surface area contributed by atoms with Gasteiger partial charge in [-0.2, -0.15) is 0 Å². The van der Waals surface area contributed by atoms with Gasteiger partial charge in [0.25, 0.3) is 0 Å². The summed E-state index contributed by atoms with van der Waals surface area (Å²) in [5.41, 5.74) is 0. The van der Waals surface area contributed by atoms with Gasteiger partial charge in [0, 0.05) is 6.42 Å². The van der Waals surface area contributed by atoms with Crippen LogP contribution in [-0.2, 0) is 19.1 Å². The lowest BCUT2D eigenvalue weighted by Crippen LogP contribution is -2.25. The summed E-state index contributed by atoms with van der Waals surface area (Å²) in [5.74, 6) is 1.78. The number of carbonyl (C=O) groups is 2. The van der Waals surface area contributed by atoms with Crippen LogP contribution in [0.2, 0.25) is 0 Å². The van der Waals surface area contributed by atoms with Crippen molar-refractivity contribution >= 4 is 11.9 Å². The monoisotopic (exact) mass is 454 g/mol. The Bertz CT molecular complexity index is 458. The Kier molecular flexibility index (Phi) is 19.9. The van der Waals surface area contributed by atoms with Gasteiger partial charge in [-0.1, -0.05) is 80.1 Å². The molecule has 0 bridgehead atoms. The topological polar surface area (TPSA) is 52.6 Å². The lowest BCUT2D eigenvalue weighted by atomic mass is 9.84. The van der Waals surface area contributed by atoms with Crippen molar-refractivity contribution in [3.05, 3.63) is 0 Å². The largest absolute Gasteiger partial charge is 0.466 e. The number of esters is 2. The molecule has 0 aliphatic rings. The first-order valence-corrected chi connectivity index (χ1v) is 13.6. The second-order valence-corrected chi connectivity index (χ2v) is 10.3. The zero-order chi connectivity index (χ0) is 24.2. The van der Waals surface area contributed by atoms with E-state index in [0.717, 1.165) is 57.8 Å². The molecule has 0 heterocycles. The molecular weight excluding hydrogens is 400 g/mol. The molecule has 0 aliphatic carbocycles. The van der Waals surface area contributed by atoms with E-state index in [1.54, 1.807) is 0 Å². The molecule has 4 nitrogen and oxygen atoms in total. The molecule has 0 aliphatic heterocycles. The van der Waals surface area contributed by atoms with Crippen molar-refractivity contribution < 1.29 is 19.1 Å². The number of ether oxygens (including phenoxy) is 2. The molecule has 0 radical (unpaired) electrons. The van der Waals surface area contributed by atoms with Crippen LogP contribution in [-0.4, -0.2) is 25.2 Å². The summed E-state index contributed by atoms with van der Waals surface area (Å²) < 4.78 is 10.9. The van der Waals surface area contributed by atoms with Crippen LogP contribution < -0.4 is 0 Å². The zero-order valence-corrected chi connectivity index (χ0v) is 22.3. The second-order valence-electron chi connectivity index (χ2n) is 10.3. The molecular formula is C28H54O4. The van der Waals surface area contributed by atoms with Crippen LogP contribution in [0.4, 0.5) is 0 Å². The molecule has 0 spiro atoms. The Morgan fingerprint density at radius 3 is 1.69 bits per heavy atom. The average Bonchev–Trinajstić information content (AvgIpc) is 2.74. The molecule has 4 heteroatoms. The highest BCUT2D eigenvalue weighted by Gasteiger charge is 2.26. The third-order valence-electron chi connectivity index (χ3n) is 6.40. The summed E-state index contributed by atoms with van der Waals surface area (Å²) in [7, 11) is 0. The molecule has 2 unspecified atom stereocenters. The molecule has 0 aromatic carbocycles.